The summed E-state index contributed by atoms with van der Waals surface area (Å²) in [5.74, 6) is 2.62. The predicted octanol–water partition coefficient (Wildman–Crippen LogP) is 2.32. The molecule has 0 saturated carbocycles. The van der Waals surface area contributed by atoms with Crippen molar-refractivity contribution in [2.75, 3.05) is 6.54 Å². The molecule has 0 rings (SSSR count). The Morgan fingerprint density at radius 2 is 2.14 bits per heavy atom. The Kier molecular flexibility index (Phi) is 6.00. The van der Waals surface area contributed by atoms with Gasteiger partial charge in [0, 0.05) is 12.5 Å². The minimum atomic E-state index is -0.197. The first-order valence-electron chi connectivity index (χ1n) is 5.10. The molecule has 0 radical (unpaired) electrons. The highest BCUT2D eigenvalue weighted by atomic mass is 14.9. The molecule has 14 heavy (non-hydrogen) atoms. The first-order valence-corrected chi connectivity index (χ1v) is 5.10. The van der Waals surface area contributed by atoms with Gasteiger partial charge in [-0.3, -0.25) is 0 Å². The van der Waals surface area contributed by atoms with Gasteiger partial charge in [-0.15, -0.1) is 12.3 Å². The lowest BCUT2D eigenvalue weighted by Gasteiger charge is -2.16. The summed E-state index contributed by atoms with van der Waals surface area (Å²) >= 11 is 0. The van der Waals surface area contributed by atoms with Gasteiger partial charge < -0.3 is 5.32 Å². The van der Waals surface area contributed by atoms with Gasteiger partial charge >= 0.3 is 0 Å². The molecule has 78 valence electrons. The molecular formula is C12H20N2. The molecule has 1 N–H and O–H groups in total. The van der Waals surface area contributed by atoms with Gasteiger partial charge in [0.25, 0.3) is 0 Å². The van der Waals surface area contributed by atoms with Gasteiger partial charge in [0.05, 0.1) is 11.5 Å². The Bertz CT molecular complexity index is 230. The Morgan fingerprint density at radius 1 is 1.50 bits per heavy atom. The van der Waals surface area contributed by atoms with Gasteiger partial charge in [-0.05, 0) is 40.2 Å². The summed E-state index contributed by atoms with van der Waals surface area (Å²) in [6, 6.07) is 2.67. The molecule has 0 bridgehead atoms. The van der Waals surface area contributed by atoms with E-state index in [4.69, 9.17) is 11.7 Å². The first-order chi connectivity index (χ1) is 6.52. The van der Waals surface area contributed by atoms with Crippen molar-refractivity contribution in [2.45, 2.75) is 46.1 Å². The fraction of sp³-hybridized carbons (Fsp3) is 0.750. The summed E-state index contributed by atoms with van der Waals surface area (Å²) in [6.07, 6.45) is 7.91. The molecule has 0 aliphatic heterocycles. The third-order valence-electron chi connectivity index (χ3n) is 2.20. The van der Waals surface area contributed by atoms with Crippen LogP contribution in [0.15, 0.2) is 0 Å². The molecule has 1 atom stereocenters. The second-order valence-electron chi connectivity index (χ2n) is 4.36. The average Bonchev–Trinajstić information content (AvgIpc) is 2.13. The maximum atomic E-state index is 8.79. The lowest BCUT2D eigenvalue weighted by molar-refractivity contribution is 0.416. The topological polar surface area (TPSA) is 35.8 Å². The smallest absolute Gasteiger partial charge is 0.0683 e. The van der Waals surface area contributed by atoms with Crippen molar-refractivity contribution >= 4 is 0 Å². The third-order valence-corrected chi connectivity index (χ3v) is 2.20. The largest absolute Gasteiger partial charge is 0.313 e. The Morgan fingerprint density at radius 3 is 2.64 bits per heavy atom. The van der Waals surface area contributed by atoms with Gasteiger partial charge in [-0.25, -0.2) is 0 Å². The Labute approximate surface area is 87.7 Å². The molecule has 2 nitrogen and oxygen atoms in total. The highest BCUT2D eigenvalue weighted by molar-refractivity contribution is 4.91. The minimum Gasteiger partial charge on any atom is -0.313 e. The van der Waals surface area contributed by atoms with E-state index in [0.717, 1.165) is 25.8 Å². The zero-order chi connectivity index (χ0) is 11.0. The summed E-state index contributed by atoms with van der Waals surface area (Å²) in [5, 5.41) is 12.1. The number of terminal acetylenes is 1. The molecule has 1 unspecified atom stereocenters. The van der Waals surface area contributed by atoms with E-state index in [0.29, 0.717) is 6.04 Å². The Balaban J connectivity index is 3.49. The van der Waals surface area contributed by atoms with Crippen LogP contribution in [0.25, 0.3) is 0 Å². The van der Waals surface area contributed by atoms with Crippen LogP contribution >= 0.6 is 0 Å². The van der Waals surface area contributed by atoms with Crippen LogP contribution in [-0.4, -0.2) is 12.6 Å². The molecule has 0 spiro atoms. The molecule has 0 heterocycles. The Hall–Kier alpha value is -0.990. The average molecular weight is 192 g/mol. The fourth-order valence-electron chi connectivity index (χ4n) is 1.18. The zero-order valence-electron chi connectivity index (χ0n) is 9.43. The highest BCUT2D eigenvalue weighted by Crippen LogP contribution is 2.19. The van der Waals surface area contributed by atoms with E-state index in [1.807, 2.05) is 13.8 Å². The molecule has 0 aliphatic carbocycles. The number of rotatable bonds is 6. The minimum absolute atomic E-state index is 0.197. The van der Waals surface area contributed by atoms with E-state index in [1.165, 1.54) is 0 Å². The van der Waals surface area contributed by atoms with E-state index in [-0.39, 0.29) is 5.41 Å². The van der Waals surface area contributed by atoms with Crippen molar-refractivity contribution in [3.05, 3.63) is 0 Å². The molecule has 0 aromatic heterocycles. The van der Waals surface area contributed by atoms with Crippen molar-refractivity contribution in [3.63, 3.8) is 0 Å². The summed E-state index contributed by atoms with van der Waals surface area (Å²) in [6.45, 7) is 6.96. The van der Waals surface area contributed by atoms with Crippen LogP contribution in [-0.2, 0) is 0 Å². The van der Waals surface area contributed by atoms with Crippen LogP contribution in [0.2, 0.25) is 0 Å². The van der Waals surface area contributed by atoms with Crippen LogP contribution in [0.3, 0.4) is 0 Å². The molecule has 0 aliphatic rings. The van der Waals surface area contributed by atoms with Gasteiger partial charge in [-0.2, -0.15) is 5.26 Å². The number of hydrogen-bond donors (Lipinski definition) is 1. The SMILES string of the molecule is C#CCC(C)NCCCC(C)(C)C#N. The standard InChI is InChI=1S/C12H20N2/c1-5-7-11(2)14-9-6-8-12(3,4)10-13/h1,11,14H,6-9H2,2-4H3. The van der Waals surface area contributed by atoms with Crippen LogP contribution in [0.1, 0.15) is 40.0 Å². The maximum absolute atomic E-state index is 8.79. The third kappa shape index (κ3) is 6.52. The summed E-state index contributed by atoms with van der Waals surface area (Å²) in [7, 11) is 0. The van der Waals surface area contributed by atoms with E-state index >= 15 is 0 Å². The molecule has 0 saturated heterocycles. The number of nitrogens with one attached hydrogen (secondary N) is 1. The van der Waals surface area contributed by atoms with Gasteiger partial charge in [0.15, 0.2) is 0 Å². The van der Waals surface area contributed by atoms with Crippen LogP contribution < -0.4 is 5.32 Å². The van der Waals surface area contributed by atoms with Crippen molar-refractivity contribution < 1.29 is 0 Å². The van der Waals surface area contributed by atoms with Crippen LogP contribution in [0.5, 0.6) is 0 Å². The lowest BCUT2D eigenvalue weighted by atomic mass is 9.90. The van der Waals surface area contributed by atoms with Gasteiger partial charge in [0.2, 0.25) is 0 Å². The summed E-state index contributed by atoms with van der Waals surface area (Å²) in [5.41, 5.74) is -0.197. The molecule has 2 heteroatoms. The van der Waals surface area contributed by atoms with Crippen molar-refractivity contribution in [1.82, 2.24) is 5.32 Å². The monoisotopic (exact) mass is 192 g/mol. The van der Waals surface area contributed by atoms with E-state index in [9.17, 15) is 0 Å². The molecular weight excluding hydrogens is 172 g/mol. The van der Waals surface area contributed by atoms with E-state index in [1.54, 1.807) is 0 Å². The maximum Gasteiger partial charge on any atom is 0.0683 e. The molecule has 0 fully saturated rings. The molecule has 0 amide bonds. The van der Waals surface area contributed by atoms with Crippen LogP contribution in [0.4, 0.5) is 0 Å². The van der Waals surface area contributed by atoms with Crippen molar-refractivity contribution in [2.24, 2.45) is 5.41 Å². The van der Waals surface area contributed by atoms with E-state index < -0.39 is 0 Å². The summed E-state index contributed by atoms with van der Waals surface area (Å²) in [4.78, 5) is 0. The second kappa shape index (κ2) is 6.46. The fourth-order valence-corrected chi connectivity index (χ4v) is 1.18. The van der Waals surface area contributed by atoms with E-state index in [2.05, 4.69) is 24.2 Å². The first kappa shape index (κ1) is 13.0. The summed E-state index contributed by atoms with van der Waals surface area (Å²) < 4.78 is 0. The van der Waals surface area contributed by atoms with Crippen LogP contribution in [0, 0.1) is 29.1 Å². The van der Waals surface area contributed by atoms with Crippen molar-refractivity contribution in [3.8, 4) is 18.4 Å². The van der Waals surface area contributed by atoms with Gasteiger partial charge in [0.1, 0.15) is 0 Å². The second-order valence-corrected chi connectivity index (χ2v) is 4.36. The zero-order valence-corrected chi connectivity index (χ0v) is 9.43. The normalized spacial score (nSPS) is 12.9. The molecule has 0 aromatic rings. The van der Waals surface area contributed by atoms with Gasteiger partial charge in [-0.1, -0.05) is 0 Å². The van der Waals surface area contributed by atoms with Crippen molar-refractivity contribution in [1.29, 1.82) is 5.26 Å². The quantitative estimate of drug-likeness (QED) is 0.518. The predicted molar refractivity (Wildman–Crippen MR) is 59.5 cm³/mol. The number of hydrogen-bond acceptors (Lipinski definition) is 2. The lowest BCUT2D eigenvalue weighted by Crippen LogP contribution is -2.27. The highest BCUT2D eigenvalue weighted by Gasteiger charge is 2.15. The molecule has 0 aromatic carbocycles. The number of nitrogens with zero attached hydrogens (tertiary/aromatic N) is 1. The number of nitriles is 1.